The number of hydrazone groups is 1. The van der Waals surface area contributed by atoms with E-state index in [4.69, 9.17) is 0 Å². The number of hydrogen-bond acceptors (Lipinski definition) is 4. The maximum absolute atomic E-state index is 12.7. The van der Waals surface area contributed by atoms with Crippen LogP contribution in [0.15, 0.2) is 72.1 Å². The van der Waals surface area contributed by atoms with Gasteiger partial charge in [0.25, 0.3) is 5.91 Å². The van der Waals surface area contributed by atoms with Crippen LogP contribution in [-0.4, -0.2) is 27.2 Å². The first-order valence-corrected chi connectivity index (χ1v) is 9.70. The molecular weight excluding hydrogens is 380 g/mol. The summed E-state index contributed by atoms with van der Waals surface area (Å²) in [5.41, 5.74) is 5.13. The van der Waals surface area contributed by atoms with Gasteiger partial charge in [0.2, 0.25) is 5.91 Å². The van der Waals surface area contributed by atoms with E-state index in [0.717, 1.165) is 12.1 Å². The second-order valence-corrected chi connectivity index (χ2v) is 6.78. The van der Waals surface area contributed by atoms with Crippen LogP contribution in [0.25, 0.3) is 5.69 Å². The van der Waals surface area contributed by atoms with Gasteiger partial charge in [-0.25, -0.2) is 5.43 Å². The Morgan fingerprint density at radius 2 is 1.77 bits per heavy atom. The van der Waals surface area contributed by atoms with E-state index in [1.165, 1.54) is 6.07 Å². The number of para-hydroxylation sites is 1. The summed E-state index contributed by atoms with van der Waals surface area (Å²) in [6, 6.07) is 15.7. The van der Waals surface area contributed by atoms with Gasteiger partial charge in [-0.3, -0.25) is 9.59 Å². The van der Waals surface area contributed by atoms with Crippen molar-refractivity contribution in [2.75, 3.05) is 5.32 Å². The zero-order valence-corrected chi connectivity index (χ0v) is 16.9. The summed E-state index contributed by atoms with van der Waals surface area (Å²) < 4.78 is 1.85. The predicted molar refractivity (Wildman–Crippen MR) is 117 cm³/mol. The van der Waals surface area contributed by atoms with Crippen LogP contribution in [0.2, 0.25) is 0 Å². The van der Waals surface area contributed by atoms with Crippen molar-refractivity contribution in [2.45, 2.75) is 26.7 Å². The fraction of sp³-hybridized carbons (Fsp3) is 0.174. The van der Waals surface area contributed by atoms with E-state index in [9.17, 15) is 14.7 Å². The third-order valence-electron chi connectivity index (χ3n) is 4.50. The van der Waals surface area contributed by atoms with Crippen LogP contribution < -0.4 is 10.7 Å². The topological polar surface area (TPSA) is 95.7 Å². The van der Waals surface area contributed by atoms with Gasteiger partial charge in [0.05, 0.1) is 17.0 Å². The Bertz CT molecular complexity index is 1070. The van der Waals surface area contributed by atoms with Gasteiger partial charge in [0.15, 0.2) is 0 Å². The lowest BCUT2D eigenvalue weighted by Gasteiger charge is -2.11. The highest BCUT2D eigenvalue weighted by Crippen LogP contribution is 2.22. The van der Waals surface area contributed by atoms with Gasteiger partial charge in [-0.15, -0.1) is 0 Å². The van der Waals surface area contributed by atoms with Gasteiger partial charge >= 0.3 is 0 Å². The van der Waals surface area contributed by atoms with E-state index in [-0.39, 0.29) is 17.6 Å². The van der Waals surface area contributed by atoms with Gasteiger partial charge in [-0.1, -0.05) is 19.1 Å². The van der Waals surface area contributed by atoms with Crippen LogP contribution in [0, 0.1) is 0 Å². The quantitative estimate of drug-likeness (QED) is 0.315. The van der Waals surface area contributed by atoms with Gasteiger partial charge in [0, 0.05) is 30.1 Å². The second kappa shape index (κ2) is 9.56. The smallest absolute Gasteiger partial charge is 0.273 e. The maximum Gasteiger partial charge on any atom is 0.273 e. The molecule has 154 valence electrons. The normalized spacial score (nSPS) is 11.2. The molecule has 0 aliphatic carbocycles. The number of nitrogens with zero attached hydrogens (tertiary/aromatic N) is 2. The Kier molecular flexibility index (Phi) is 6.64. The molecular formula is C23H24N4O3. The highest BCUT2D eigenvalue weighted by Gasteiger charge is 2.13. The molecule has 0 saturated heterocycles. The third-order valence-corrected chi connectivity index (χ3v) is 4.50. The Labute approximate surface area is 175 Å². The number of aromatic nitrogens is 1. The lowest BCUT2D eigenvalue weighted by molar-refractivity contribution is -0.116. The molecule has 0 saturated carbocycles. The van der Waals surface area contributed by atoms with Crippen LogP contribution in [0.1, 0.15) is 42.6 Å². The lowest BCUT2D eigenvalue weighted by Crippen LogP contribution is -2.21. The molecule has 0 bridgehead atoms. The average Bonchev–Trinajstić information content (AvgIpc) is 3.28. The number of anilines is 1. The Morgan fingerprint density at radius 1 is 1.03 bits per heavy atom. The van der Waals surface area contributed by atoms with E-state index in [2.05, 4.69) is 15.8 Å². The summed E-state index contributed by atoms with van der Waals surface area (Å²) in [6.45, 7) is 3.60. The average molecular weight is 404 g/mol. The molecule has 7 heteroatoms. The molecule has 3 N–H and O–H groups in total. The van der Waals surface area contributed by atoms with Gasteiger partial charge in [-0.2, -0.15) is 5.10 Å². The van der Waals surface area contributed by atoms with Crippen LogP contribution in [0.3, 0.4) is 0 Å². The molecule has 0 aliphatic rings. The minimum absolute atomic E-state index is 0.00623. The third kappa shape index (κ3) is 4.94. The van der Waals surface area contributed by atoms with E-state index in [1.54, 1.807) is 31.2 Å². The molecule has 0 aliphatic heterocycles. The lowest BCUT2D eigenvalue weighted by atomic mass is 10.1. The minimum atomic E-state index is -0.370. The summed E-state index contributed by atoms with van der Waals surface area (Å²) >= 11 is 0. The fourth-order valence-electron chi connectivity index (χ4n) is 3.00. The van der Waals surface area contributed by atoms with Crippen molar-refractivity contribution in [3.63, 3.8) is 0 Å². The molecule has 1 aromatic heterocycles. The predicted octanol–water partition coefficient (Wildman–Crippen LogP) is 4.08. The molecule has 2 aromatic carbocycles. The Balaban J connectivity index is 1.79. The van der Waals surface area contributed by atoms with Crippen molar-refractivity contribution in [3.8, 4) is 11.4 Å². The first kappa shape index (κ1) is 20.9. The van der Waals surface area contributed by atoms with Gasteiger partial charge in [0.1, 0.15) is 5.75 Å². The van der Waals surface area contributed by atoms with Crippen molar-refractivity contribution < 1.29 is 14.7 Å². The second-order valence-electron chi connectivity index (χ2n) is 6.78. The van der Waals surface area contributed by atoms with Gasteiger partial charge in [-0.05, 0) is 55.8 Å². The number of aromatic hydroxyl groups is 1. The summed E-state index contributed by atoms with van der Waals surface area (Å²) in [5.74, 6) is -0.462. The SMILES string of the molecule is CCCC(=O)Nc1ccc(O)c(/C(C)=N/NC(=O)c2ccccc2-n2cccc2)c1. The molecule has 3 aromatic rings. The number of hydrogen-bond donors (Lipinski definition) is 3. The molecule has 2 amide bonds. The molecule has 1 heterocycles. The van der Waals surface area contributed by atoms with Crippen molar-refractivity contribution in [1.82, 2.24) is 9.99 Å². The Morgan fingerprint density at radius 3 is 2.50 bits per heavy atom. The van der Waals surface area contributed by atoms with Crippen LogP contribution in [0.4, 0.5) is 5.69 Å². The summed E-state index contributed by atoms with van der Waals surface area (Å²) in [6.07, 6.45) is 4.88. The van der Waals surface area contributed by atoms with E-state index < -0.39 is 0 Å². The maximum atomic E-state index is 12.7. The number of rotatable bonds is 7. The molecule has 0 unspecified atom stereocenters. The summed E-state index contributed by atoms with van der Waals surface area (Å²) in [5, 5.41) is 17.1. The number of carbonyl (C=O) groups is 2. The highest BCUT2D eigenvalue weighted by atomic mass is 16.3. The molecule has 0 fully saturated rings. The zero-order chi connectivity index (χ0) is 21.5. The first-order chi connectivity index (χ1) is 14.5. The summed E-state index contributed by atoms with van der Waals surface area (Å²) in [4.78, 5) is 24.5. The van der Waals surface area contributed by atoms with Crippen molar-refractivity contribution in [2.24, 2.45) is 5.10 Å². The van der Waals surface area contributed by atoms with Gasteiger partial charge < -0.3 is 15.0 Å². The monoisotopic (exact) mass is 404 g/mol. The standard InChI is InChI=1S/C23H24N4O3/c1-3-8-22(29)24-17-11-12-21(28)19(15-17)16(2)25-26-23(30)18-9-4-5-10-20(18)27-13-6-7-14-27/h4-7,9-15,28H,3,8H2,1-2H3,(H,24,29)(H,26,30)/b25-16+. The van der Waals surface area contributed by atoms with Crippen LogP contribution in [-0.2, 0) is 4.79 Å². The van der Waals surface area contributed by atoms with Crippen molar-refractivity contribution in [3.05, 3.63) is 78.1 Å². The first-order valence-electron chi connectivity index (χ1n) is 9.70. The number of phenols is 1. The van der Waals surface area contributed by atoms with E-state index in [0.29, 0.717) is 28.9 Å². The molecule has 3 rings (SSSR count). The number of carbonyl (C=O) groups excluding carboxylic acids is 2. The number of amides is 2. The molecule has 0 radical (unpaired) electrons. The molecule has 0 spiro atoms. The minimum Gasteiger partial charge on any atom is -0.507 e. The fourth-order valence-corrected chi connectivity index (χ4v) is 3.00. The van der Waals surface area contributed by atoms with E-state index >= 15 is 0 Å². The summed E-state index contributed by atoms with van der Waals surface area (Å²) in [7, 11) is 0. The molecule has 30 heavy (non-hydrogen) atoms. The molecule has 7 nitrogen and oxygen atoms in total. The number of benzene rings is 2. The van der Waals surface area contributed by atoms with Crippen LogP contribution >= 0.6 is 0 Å². The van der Waals surface area contributed by atoms with Crippen LogP contribution in [0.5, 0.6) is 5.75 Å². The largest absolute Gasteiger partial charge is 0.507 e. The van der Waals surface area contributed by atoms with Crippen molar-refractivity contribution >= 4 is 23.2 Å². The zero-order valence-electron chi connectivity index (χ0n) is 16.9. The van der Waals surface area contributed by atoms with Crippen molar-refractivity contribution in [1.29, 1.82) is 0 Å². The number of nitrogens with one attached hydrogen (secondary N) is 2. The number of phenolic OH excluding ortho intramolecular Hbond substituents is 1. The highest BCUT2D eigenvalue weighted by molar-refractivity contribution is 6.04. The van der Waals surface area contributed by atoms with E-state index in [1.807, 2.05) is 48.1 Å². The Hall–Kier alpha value is -3.87. The molecule has 0 atom stereocenters.